The number of carbonyl (C=O) groups is 2. The molecule has 1 aromatic heterocycles. The molecule has 1 amide bonds. The number of nitrogens with one attached hydrogen (secondary N) is 1. The molecular formula is C23H24ClN3O3S. The van der Waals surface area contributed by atoms with Crippen LogP contribution in [0.2, 0.25) is 5.02 Å². The van der Waals surface area contributed by atoms with E-state index in [1.54, 1.807) is 23.5 Å². The molecule has 0 radical (unpaired) electrons. The van der Waals surface area contributed by atoms with Gasteiger partial charge in [-0.2, -0.15) is 0 Å². The third-order valence-corrected chi connectivity index (χ3v) is 5.94. The third kappa shape index (κ3) is 5.83. The first kappa shape index (κ1) is 22.8. The molecule has 6 nitrogen and oxygen atoms in total. The minimum atomic E-state index is -1.07. The van der Waals surface area contributed by atoms with Gasteiger partial charge in [0.25, 0.3) is 5.91 Å². The zero-order valence-corrected chi connectivity index (χ0v) is 18.9. The van der Waals surface area contributed by atoms with Crippen molar-refractivity contribution in [3.8, 4) is 11.3 Å². The molecule has 31 heavy (non-hydrogen) atoms. The summed E-state index contributed by atoms with van der Waals surface area (Å²) in [5, 5.41) is 15.0. The van der Waals surface area contributed by atoms with Crippen LogP contribution in [0.3, 0.4) is 0 Å². The number of aliphatic carboxylic acids is 1. The van der Waals surface area contributed by atoms with Crippen molar-refractivity contribution in [1.82, 2.24) is 10.3 Å². The number of hydrogen-bond acceptors (Lipinski definition) is 5. The van der Waals surface area contributed by atoms with Crippen molar-refractivity contribution in [2.24, 2.45) is 0 Å². The standard InChI is InChI=1S/C23H24ClN3O3S/c1-3-12-27(23-26-20(14-31-23)18-6-4-5-7-19(18)24)13-16-8-10-17(11-9-16)21(28)25-15(2)22(29)30/h4-11,14-15H,3,12-13H2,1-2H3,(H,25,28)(H,29,30). The van der Waals surface area contributed by atoms with E-state index in [2.05, 4.69) is 17.1 Å². The van der Waals surface area contributed by atoms with Crippen molar-refractivity contribution in [2.75, 3.05) is 11.4 Å². The predicted molar refractivity (Wildman–Crippen MR) is 125 cm³/mol. The van der Waals surface area contributed by atoms with Crippen molar-refractivity contribution in [1.29, 1.82) is 0 Å². The highest BCUT2D eigenvalue weighted by atomic mass is 35.5. The number of carbonyl (C=O) groups excluding carboxylic acids is 1. The summed E-state index contributed by atoms with van der Waals surface area (Å²) in [5.41, 5.74) is 3.22. The average Bonchev–Trinajstić information content (AvgIpc) is 3.24. The van der Waals surface area contributed by atoms with Gasteiger partial charge >= 0.3 is 5.97 Å². The van der Waals surface area contributed by atoms with Crippen molar-refractivity contribution in [3.05, 3.63) is 70.1 Å². The largest absolute Gasteiger partial charge is 0.480 e. The smallest absolute Gasteiger partial charge is 0.325 e. The van der Waals surface area contributed by atoms with E-state index in [-0.39, 0.29) is 0 Å². The molecule has 1 heterocycles. The number of benzene rings is 2. The van der Waals surface area contributed by atoms with Crippen LogP contribution in [0.15, 0.2) is 53.9 Å². The monoisotopic (exact) mass is 457 g/mol. The highest BCUT2D eigenvalue weighted by Crippen LogP contribution is 2.32. The maximum Gasteiger partial charge on any atom is 0.325 e. The van der Waals surface area contributed by atoms with Crippen LogP contribution in [0.25, 0.3) is 11.3 Å². The maximum absolute atomic E-state index is 12.2. The number of hydrogen-bond donors (Lipinski definition) is 2. The van der Waals surface area contributed by atoms with Gasteiger partial charge in [0.2, 0.25) is 0 Å². The van der Waals surface area contributed by atoms with Gasteiger partial charge in [0.1, 0.15) is 6.04 Å². The summed E-state index contributed by atoms with van der Waals surface area (Å²) < 4.78 is 0. The fourth-order valence-corrected chi connectivity index (χ4v) is 4.12. The second-order valence-electron chi connectivity index (χ2n) is 7.15. The number of aromatic nitrogens is 1. The summed E-state index contributed by atoms with van der Waals surface area (Å²) >= 11 is 7.89. The SMILES string of the molecule is CCCN(Cc1ccc(C(=O)NC(C)C(=O)O)cc1)c1nc(-c2ccccc2Cl)cs1. The molecule has 2 aromatic carbocycles. The van der Waals surface area contributed by atoms with Gasteiger partial charge in [0, 0.05) is 34.6 Å². The summed E-state index contributed by atoms with van der Waals surface area (Å²) in [5.74, 6) is -1.48. The molecule has 0 saturated heterocycles. The van der Waals surface area contributed by atoms with Gasteiger partial charge in [-0.1, -0.05) is 48.9 Å². The number of rotatable bonds is 9. The molecule has 8 heteroatoms. The van der Waals surface area contributed by atoms with Gasteiger partial charge in [0.15, 0.2) is 5.13 Å². The maximum atomic E-state index is 12.2. The Labute approximate surface area is 190 Å². The molecular weight excluding hydrogens is 434 g/mol. The highest BCUT2D eigenvalue weighted by molar-refractivity contribution is 7.14. The Hall–Kier alpha value is -2.90. The van der Waals surface area contributed by atoms with E-state index in [0.717, 1.165) is 34.9 Å². The molecule has 3 rings (SSSR count). The van der Waals surface area contributed by atoms with E-state index in [1.165, 1.54) is 6.92 Å². The summed E-state index contributed by atoms with van der Waals surface area (Å²) in [6.07, 6.45) is 0.967. The van der Waals surface area contributed by atoms with E-state index in [1.807, 2.05) is 41.8 Å². The van der Waals surface area contributed by atoms with Crippen LogP contribution in [-0.4, -0.2) is 34.6 Å². The van der Waals surface area contributed by atoms with E-state index in [0.29, 0.717) is 17.1 Å². The fraction of sp³-hybridized carbons (Fsp3) is 0.261. The quantitative estimate of drug-likeness (QED) is 0.468. The Kier molecular flexibility index (Phi) is 7.65. The van der Waals surface area contributed by atoms with Crippen LogP contribution >= 0.6 is 22.9 Å². The zero-order chi connectivity index (χ0) is 22.4. The Morgan fingerprint density at radius 3 is 2.55 bits per heavy atom. The predicted octanol–water partition coefficient (Wildman–Crippen LogP) is 5.08. The minimum Gasteiger partial charge on any atom is -0.480 e. The van der Waals surface area contributed by atoms with Gasteiger partial charge in [-0.3, -0.25) is 9.59 Å². The number of amides is 1. The van der Waals surface area contributed by atoms with E-state index in [9.17, 15) is 9.59 Å². The first-order valence-corrected chi connectivity index (χ1v) is 11.2. The molecule has 2 N–H and O–H groups in total. The second kappa shape index (κ2) is 10.4. The molecule has 0 bridgehead atoms. The van der Waals surface area contributed by atoms with Crippen molar-refractivity contribution < 1.29 is 14.7 Å². The summed E-state index contributed by atoms with van der Waals surface area (Å²) in [6.45, 7) is 5.04. The zero-order valence-electron chi connectivity index (χ0n) is 17.3. The third-order valence-electron chi connectivity index (χ3n) is 4.71. The van der Waals surface area contributed by atoms with Gasteiger partial charge in [-0.15, -0.1) is 11.3 Å². The molecule has 1 unspecified atom stereocenters. The Morgan fingerprint density at radius 1 is 1.19 bits per heavy atom. The van der Waals surface area contributed by atoms with Crippen LogP contribution in [0.5, 0.6) is 0 Å². The number of carboxylic acid groups (broad SMARTS) is 1. The molecule has 1 atom stereocenters. The number of anilines is 1. The van der Waals surface area contributed by atoms with Crippen LogP contribution in [-0.2, 0) is 11.3 Å². The summed E-state index contributed by atoms with van der Waals surface area (Å²) in [6, 6.07) is 13.9. The normalized spacial score (nSPS) is 11.7. The number of nitrogens with zero attached hydrogens (tertiary/aromatic N) is 2. The van der Waals surface area contributed by atoms with Gasteiger partial charge in [-0.25, -0.2) is 4.98 Å². The molecule has 0 spiro atoms. The molecule has 0 saturated carbocycles. The lowest BCUT2D eigenvalue weighted by molar-refractivity contribution is -0.138. The van der Waals surface area contributed by atoms with Gasteiger partial charge in [0.05, 0.1) is 5.69 Å². The van der Waals surface area contributed by atoms with E-state index in [4.69, 9.17) is 21.7 Å². The summed E-state index contributed by atoms with van der Waals surface area (Å²) in [7, 11) is 0. The highest BCUT2D eigenvalue weighted by Gasteiger charge is 2.16. The van der Waals surface area contributed by atoms with Crippen molar-refractivity contribution in [2.45, 2.75) is 32.9 Å². The lowest BCUT2D eigenvalue weighted by Crippen LogP contribution is -2.38. The second-order valence-corrected chi connectivity index (χ2v) is 8.39. The Bertz CT molecular complexity index is 1050. The molecule has 0 aliphatic heterocycles. The number of thiazole rings is 1. The molecule has 0 aliphatic carbocycles. The number of carboxylic acids is 1. The first-order valence-electron chi connectivity index (χ1n) is 9.97. The summed E-state index contributed by atoms with van der Waals surface area (Å²) in [4.78, 5) is 30.1. The minimum absolute atomic E-state index is 0.406. The van der Waals surface area contributed by atoms with Crippen molar-refractivity contribution in [3.63, 3.8) is 0 Å². The molecule has 162 valence electrons. The van der Waals surface area contributed by atoms with Crippen LogP contribution in [0.4, 0.5) is 5.13 Å². The number of halogens is 1. The molecule has 0 aliphatic rings. The Morgan fingerprint density at radius 2 is 1.90 bits per heavy atom. The van der Waals surface area contributed by atoms with E-state index >= 15 is 0 Å². The van der Waals surface area contributed by atoms with E-state index < -0.39 is 17.9 Å². The van der Waals surface area contributed by atoms with Crippen LogP contribution < -0.4 is 10.2 Å². The van der Waals surface area contributed by atoms with Crippen LogP contribution in [0, 0.1) is 0 Å². The van der Waals surface area contributed by atoms with Gasteiger partial charge in [-0.05, 0) is 37.1 Å². The van der Waals surface area contributed by atoms with Crippen LogP contribution in [0.1, 0.15) is 36.2 Å². The first-order chi connectivity index (χ1) is 14.9. The lowest BCUT2D eigenvalue weighted by atomic mass is 10.1. The van der Waals surface area contributed by atoms with Crippen molar-refractivity contribution >= 4 is 39.9 Å². The molecule has 0 fully saturated rings. The fourth-order valence-electron chi connectivity index (χ4n) is 3.04. The van der Waals surface area contributed by atoms with Gasteiger partial charge < -0.3 is 15.3 Å². The topological polar surface area (TPSA) is 82.5 Å². The Balaban J connectivity index is 1.73. The average molecular weight is 458 g/mol. The lowest BCUT2D eigenvalue weighted by Gasteiger charge is -2.21. The molecule has 3 aromatic rings.